The Bertz CT molecular complexity index is 649. The van der Waals surface area contributed by atoms with Crippen molar-refractivity contribution in [1.29, 1.82) is 0 Å². The van der Waals surface area contributed by atoms with Crippen LogP contribution in [0.15, 0.2) is 36.4 Å². The molecule has 0 saturated heterocycles. The van der Waals surface area contributed by atoms with Gasteiger partial charge in [0.05, 0.1) is 15.6 Å². The van der Waals surface area contributed by atoms with Crippen LogP contribution in [0.1, 0.15) is 0 Å². The average molecular weight is 283 g/mol. The van der Waals surface area contributed by atoms with Crippen LogP contribution in [0.2, 0.25) is 5.02 Å². The van der Waals surface area contributed by atoms with Gasteiger partial charge in [0.25, 0.3) is 5.69 Å². The molecule has 0 fully saturated rings. The standard InChI is InChI=1S/C12H8ClFN2O3/c13-8-2-1-3-11(12(8)14)19-10-5-4-7(16(17)18)6-9(10)15/h1-6H,15H2. The van der Waals surface area contributed by atoms with E-state index >= 15 is 0 Å². The molecule has 2 aromatic carbocycles. The minimum absolute atomic E-state index is 0.0357. The van der Waals surface area contributed by atoms with Crippen LogP contribution in [0.4, 0.5) is 15.8 Å². The molecule has 2 rings (SSSR count). The number of ether oxygens (including phenoxy) is 1. The Kier molecular flexibility index (Phi) is 3.52. The number of anilines is 1. The van der Waals surface area contributed by atoms with Gasteiger partial charge in [-0.3, -0.25) is 10.1 Å². The van der Waals surface area contributed by atoms with E-state index in [-0.39, 0.29) is 27.9 Å². The molecule has 2 aromatic rings. The minimum atomic E-state index is -0.720. The number of nitrogens with two attached hydrogens (primary N) is 1. The molecule has 0 aliphatic carbocycles. The van der Waals surface area contributed by atoms with Crippen LogP contribution in [0.3, 0.4) is 0 Å². The third-order valence-electron chi connectivity index (χ3n) is 2.34. The van der Waals surface area contributed by atoms with Crippen LogP contribution in [-0.4, -0.2) is 4.92 Å². The smallest absolute Gasteiger partial charge is 0.271 e. The Labute approximate surface area is 112 Å². The zero-order valence-corrected chi connectivity index (χ0v) is 10.2. The number of nitro groups is 1. The van der Waals surface area contributed by atoms with Gasteiger partial charge < -0.3 is 10.5 Å². The number of hydrogen-bond donors (Lipinski definition) is 1. The molecule has 0 saturated carbocycles. The first kappa shape index (κ1) is 13.1. The first-order valence-corrected chi connectivity index (χ1v) is 5.52. The van der Waals surface area contributed by atoms with Gasteiger partial charge in [0.1, 0.15) is 0 Å². The van der Waals surface area contributed by atoms with E-state index in [2.05, 4.69) is 0 Å². The van der Waals surface area contributed by atoms with E-state index in [4.69, 9.17) is 22.1 Å². The Morgan fingerprint density at radius 3 is 2.63 bits per heavy atom. The molecule has 0 bridgehead atoms. The second-order valence-electron chi connectivity index (χ2n) is 3.63. The van der Waals surface area contributed by atoms with Gasteiger partial charge in [-0.05, 0) is 18.2 Å². The lowest BCUT2D eigenvalue weighted by atomic mass is 10.2. The number of halogens is 2. The van der Waals surface area contributed by atoms with Crippen molar-refractivity contribution in [3.05, 3.63) is 57.4 Å². The third-order valence-corrected chi connectivity index (χ3v) is 2.63. The van der Waals surface area contributed by atoms with Crippen molar-refractivity contribution in [3.63, 3.8) is 0 Å². The zero-order valence-electron chi connectivity index (χ0n) is 9.47. The van der Waals surface area contributed by atoms with Crippen LogP contribution in [-0.2, 0) is 0 Å². The van der Waals surface area contributed by atoms with Crippen molar-refractivity contribution in [3.8, 4) is 11.5 Å². The normalized spacial score (nSPS) is 10.2. The first-order chi connectivity index (χ1) is 8.99. The molecule has 98 valence electrons. The van der Waals surface area contributed by atoms with Gasteiger partial charge in [-0.25, -0.2) is 4.39 Å². The lowest BCUT2D eigenvalue weighted by Crippen LogP contribution is -1.96. The summed E-state index contributed by atoms with van der Waals surface area (Å²) in [7, 11) is 0. The first-order valence-electron chi connectivity index (χ1n) is 5.15. The number of nitro benzene ring substituents is 1. The number of nitrogen functional groups attached to an aromatic ring is 1. The summed E-state index contributed by atoms with van der Waals surface area (Å²) >= 11 is 5.61. The van der Waals surface area contributed by atoms with Crippen LogP contribution >= 0.6 is 11.6 Å². The molecule has 0 heterocycles. The fraction of sp³-hybridized carbons (Fsp3) is 0. The summed E-state index contributed by atoms with van der Waals surface area (Å²) in [6.07, 6.45) is 0. The molecular formula is C12H8ClFN2O3. The van der Waals surface area contributed by atoms with E-state index < -0.39 is 10.7 Å². The molecule has 19 heavy (non-hydrogen) atoms. The van der Waals surface area contributed by atoms with Crippen molar-refractivity contribution in [2.75, 3.05) is 5.73 Å². The van der Waals surface area contributed by atoms with Crippen molar-refractivity contribution in [1.82, 2.24) is 0 Å². The molecule has 0 amide bonds. The van der Waals surface area contributed by atoms with Crippen LogP contribution in [0.5, 0.6) is 11.5 Å². The van der Waals surface area contributed by atoms with E-state index in [0.29, 0.717) is 0 Å². The van der Waals surface area contributed by atoms with E-state index in [1.54, 1.807) is 0 Å². The fourth-order valence-corrected chi connectivity index (χ4v) is 1.59. The molecule has 0 unspecified atom stereocenters. The van der Waals surface area contributed by atoms with Gasteiger partial charge in [0.15, 0.2) is 17.3 Å². The van der Waals surface area contributed by atoms with Crippen LogP contribution in [0.25, 0.3) is 0 Å². The molecule has 0 radical (unpaired) electrons. The zero-order chi connectivity index (χ0) is 14.0. The number of hydrogen-bond acceptors (Lipinski definition) is 4. The highest BCUT2D eigenvalue weighted by Crippen LogP contribution is 2.33. The lowest BCUT2D eigenvalue weighted by molar-refractivity contribution is -0.384. The number of nitrogens with zero attached hydrogens (tertiary/aromatic N) is 1. The largest absolute Gasteiger partial charge is 0.452 e. The highest BCUT2D eigenvalue weighted by atomic mass is 35.5. The monoisotopic (exact) mass is 282 g/mol. The molecule has 5 nitrogen and oxygen atoms in total. The summed E-state index contributed by atoms with van der Waals surface area (Å²) in [6, 6.07) is 7.92. The van der Waals surface area contributed by atoms with Crippen molar-refractivity contribution < 1.29 is 14.1 Å². The predicted molar refractivity (Wildman–Crippen MR) is 69.0 cm³/mol. The summed E-state index contributed by atoms with van der Waals surface area (Å²) in [5.41, 5.74) is 5.48. The SMILES string of the molecule is Nc1cc([N+](=O)[O-])ccc1Oc1cccc(Cl)c1F. The highest BCUT2D eigenvalue weighted by Gasteiger charge is 2.13. The average Bonchev–Trinajstić information content (AvgIpc) is 2.37. The number of rotatable bonds is 3. The maximum Gasteiger partial charge on any atom is 0.271 e. The highest BCUT2D eigenvalue weighted by molar-refractivity contribution is 6.30. The predicted octanol–water partition coefficient (Wildman–Crippen LogP) is 3.76. The van der Waals surface area contributed by atoms with E-state index in [1.807, 2.05) is 0 Å². The Morgan fingerprint density at radius 1 is 1.26 bits per heavy atom. The summed E-state index contributed by atoms with van der Waals surface area (Å²) < 4.78 is 18.9. The van der Waals surface area contributed by atoms with Gasteiger partial charge in [-0.15, -0.1) is 0 Å². The van der Waals surface area contributed by atoms with Crippen LogP contribution in [0, 0.1) is 15.9 Å². The van der Waals surface area contributed by atoms with E-state index in [0.717, 1.165) is 6.07 Å². The molecular weight excluding hydrogens is 275 g/mol. The van der Waals surface area contributed by atoms with Crippen molar-refractivity contribution in [2.45, 2.75) is 0 Å². The maximum absolute atomic E-state index is 13.6. The fourth-order valence-electron chi connectivity index (χ4n) is 1.42. The summed E-state index contributed by atoms with van der Waals surface area (Å²) in [5, 5.41) is 10.5. The maximum atomic E-state index is 13.6. The van der Waals surface area contributed by atoms with Gasteiger partial charge in [-0.1, -0.05) is 17.7 Å². The second kappa shape index (κ2) is 5.11. The minimum Gasteiger partial charge on any atom is -0.452 e. The van der Waals surface area contributed by atoms with E-state index in [9.17, 15) is 14.5 Å². The topological polar surface area (TPSA) is 78.4 Å². The molecule has 0 aromatic heterocycles. The summed E-state index contributed by atoms with van der Waals surface area (Å²) in [5.74, 6) is -0.707. The Morgan fingerprint density at radius 2 is 2.00 bits per heavy atom. The number of benzene rings is 2. The van der Waals surface area contributed by atoms with Crippen LogP contribution < -0.4 is 10.5 Å². The molecule has 0 atom stereocenters. The van der Waals surface area contributed by atoms with Gasteiger partial charge >= 0.3 is 0 Å². The molecule has 0 spiro atoms. The second-order valence-corrected chi connectivity index (χ2v) is 4.04. The molecule has 0 aliphatic heterocycles. The molecule has 0 aliphatic rings. The van der Waals surface area contributed by atoms with Gasteiger partial charge in [0.2, 0.25) is 0 Å². The van der Waals surface area contributed by atoms with Gasteiger partial charge in [-0.2, -0.15) is 0 Å². The molecule has 7 heteroatoms. The Balaban J connectivity index is 2.34. The third kappa shape index (κ3) is 2.74. The van der Waals surface area contributed by atoms with Crippen molar-refractivity contribution in [2.24, 2.45) is 0 Å². The lowest BCUT2D eigenvalue weighted by Gasteiger charge is -2.09. The van der Waals surface area contributed by atoms with E-state index in [1.165, 1.54) is 30.3 Å². The quantitative estimate of drug-likeness (QED) is 0.528. The summed E-state index contributed by atoms with van der Waals surface area (Å²) in [6.45, 7) is 0. The number of non-ortho nitro benzene ring substituents is 1. The van der Waals surface area contributed by atoms with Crippen molar-refractivity contribution >= 4 is 23.0 Å². The van der Waals surface area contributed by atoms with Gasteiger partial charge in [0, 0.05) is 12.1 Å². The molecule has 2 N–H and O–H groups in total. The summed E-state index contributed by atoms with van der Waals surface area (Å²) in [4.78, 5) is 9.97. The Hall–Kier alpha value is -2.34.